The SMILES string of the molecule is COC(=O)C(C)N1CCCN(C)CC1C. The van der Waals surface area contributed by atoms with Gasteiger partial charge in [-0.15, -0.1) is 0 Å². The molecule has 0 amide bonds. The number of ether oxygens (including phenoxy) is 1. The van der Waals surface area contributed by atoms with Crippen molar-refractivity contribution >= 4 is 5.97 Å². The van der Waals surface area contributed by atoms with Crippen molar-refractivity contribution in [2.45, 2.75) is 32.4 Å². The number of carbonyl (C=O) groups excluding carboxylic acids is 1. The van der Waals surface area contributed by atoms with E-state index in [2.05, 4.69) is 23.8 Å². The van der Waals surface area contributed by atoms with Gasteiger partial charge in [0.1, 0.15) is 6.04 Å². The Balaban J connectivity index is 2.62. The van der Waals surface area contributed by atoms with Crippen molar-refractivity contribution in [2.24, 2.45) is 0 Å². The third kappa shape index (κ3) is 3.18. The van der Waals surface area contributed by atoms with Gasteiger partial charge < -0.3 is 9.64 Å². The molecule has 0 aromatic heterocycles. The highest BCUT2D eigenvalue weighted by Gasteiger charge is 2.28. The van der Waals surface area contributed by atoms with E-state index in [-0.39, 0.29) is 12.0 Å². The van der Waals surface area contributed by atoms with Crippen LogP contribution in [-0.2, 0) is 9.53 Å². The number of nitrogens with zero attached hydrogens (tertiary/aromatic N) is 2. The minimum absolute atomic E-state index is 0.128. The Bertz CT molecular complexity index is 221. The summed E-state index contributed by atoms with van der Waals surface area (Å²) in [6.07, 6.45) is 1.11. The van der Waals surface area contributed by atoms with E-state index in [1.807, 2.05) is 6.92 Å². The van der Waals surface area contributed by atoms with Crippen LogP contribution in [-0.4, -0.2) is 61.6 Å². The second-order valence-electron chi connectivity index (χ2n) is 4.40. The molecule has 1 heterocycles. The number of hydrogen-bond donors (Lipinski definition) is 0. The summed E-state index contributed by atoms with van der Waals surface area (Å²) < 4.78 is 4.79. The van der Waals surface area contributed by atoms with Crippen molar-refractivity contribution < 1.29 is 9.53 Å². The first-order valence-electron chi connectivity index (χ1n) is 5.58. The number of likely N-dealkylation sites (N-methyl/N-ethyl adjacent to an activating group) is 1. The first-order valence-corrected chi connectivity index (χ1v) is 5.58. The first-order chi connectivity index (χ1) is 7.06. The number of esters is 1. The second kappa shape index (κ2) is 5.47. The van der Waals surface area contributed by atoms with Gasteiger partial charge in [0.15, 0.2) is 0 Å². The molecule has 0 N–H and O–H groups in total. The molecule has 4 nitrogen and oxygen atoms in total. The Labute approximate surface area is 92.2 Å². The van der Waals surface area contributed by atoms with Crippen molar-refractivity contribution in [3.05, 3.63) is 0 Å². The Morgan fingerprint density at radius 2 is 2.13 bits per heavy atom. The van der Waals surface area contributed by atoms with E-state index in [0.717, 1.165) is 26.1 Å². The van der Waals surface area contributed by atoms with Crippen LogP contribution in [0, 0.1) is 0 Å². The van der Waals surface area contributed by atoms with E-state index in [0.29, 0.717) is 6.04 Å². The maximum atomic E-state index is 11.5. The van der Waals surface area contributed by atoms with Gasteiger partial charge in [-0.3, -0.25) is 9.69 Å². The van der Waals surface area contributed by atoms with E-state index in [1.165, 1.54) is 7.11 Å². The summed E-state index contributed by atoms with van der Waals surface area (Å²) in [7, 11) is 3.58. The lowest BCUT2D eigenvalue weighted by atomic mass is 10.2. The van der Waals surface area contributed by atoms with Gasteiger partial charge >= 0.3 is 5.97 Å². The van der Waals surface area contributed by atoms with Gasteiger partial charge in [0.25, 0.3) is 0 Å². The lowest BCUT2D eigenvalue weighted by molar-refractivity contribution is -0.147. The molecule has 0 spiro atoms. The van der Waals surface area contributed by atoms with Crippen LogP contribution in [0.1, 0.15) is 20.3 Å². The van der Waals surface area contributed by atoms with Crippen molar-refractivity contribution in [3.63, 3.8) is 0 Å². The molecule has 2 unspecified atom stereocenters. The molecule has 1 aliphatic rings. The zero-order valence-electron chi connectivity index (χ0n) is 10.2. The van der Waals surface area contributed by atoms with Crippen LogP contribution in [0.25, 0.3) is 0 Å². The summed E-state index contributed by atoms with van der Waals surface area (Å²) in [6.45, 7) is 7.19. The zero-order valence-corrected chi connectivity index (χ0v) is 10.2. The fourth-order valence-electron chi connectivity index (χ4n) is 2.27. The molecule has 0 aromatic carbocycles. The average Bonchev–Trinajstić information content (AvgIpc) is 2.37. The molecule has 1 fully saturated rings. The molecule has 2 atom stereocenters. The van der Waals surface area contributed by atoms with Crippen molar-refractivity contribution in [3.8, 4) is 0 Å². The number of rotatable bonds is 2. The highest BCUT2D eigenvalue weighted by atomic mass is 16.5. The average molecular weight is 214 g/mol. The fraction of sp³-hybridized carbons (Fsp3) is 0.909. The highest BCUT2D eigenvalue weighted by molar-refractivity contribution is 5.75. The molecule has 15 heavy (non-hydrogen) atoms. The molecule has 0 saturated carbocycles. The summed E-state index contributed by atoms with van der Waals surface area (Å²) in [4.78, 5) is 16.0. The molecule has 0 radical (unpaired) electrons. The van der Waals surface area contributed by atoms with E-state index < -0.39 is 0 Å². The maximum absolute atomic E-state index is 11.5. The predicted molar refractivity (Wildman–Crippen MR) is 59.8 cm³/mol. The Hall–Kier alpha value is -0.610. The van der Waals surface area contributed by atoms with E-state index in [1.54, 1.807) is 0 Å². The largest absolute Gasteiger partial charge is 0.468 e. The summed E-state index contributed by atoms with van der Waals surface area (Å²) in [5.74, 6) is -0.133. The molecule has 0 aliphatic carbocycles. The molecule has 88 valence electrons. The van der Waals surface area contributed by atoms with Gasteiger partial charge in [-0.2, -0.15) is 0 Å². The number of carbonyl (C=O) groups is 1. The lowest BCUT2D eigenvalue weighted by Gasteiger charge is -2.31. The normalized spacial score (nSPS) is 27.1. The lowest BCUT2D eigenvalue weighted by Crippen LogP contribution is -2.47. The van der Waals surface area contributed by atoms with Crippen molar-refractivity contribution in [1.82, 2.24) is 9.80 Å². The van der Waals surface area contributed by atoms with Gasteiger partial charge in [-0.05, 0) is 33.9 Å². The topological polar surface area (TPSA) is 32.8 Å². The maximum Gasteiger partial charge on any atom is 0.322 e. The molecule has 1 aliphatic heterocycles. The Kier molecular flexibility index (Phi) is 4.54. The van der Waals surface area contributed by atoms with Gasteiger partial charge in [-0.1, -0.05) is 0 Å². The van der Waals surface area contributed by atoms with Crippen molar-refractivity contribution in [1.29, 1.82) is 0 Å². The van der Waals surface area contributed by atoms with E-state index >= 15 is 0 Å². The van der Waals surface area contributed by atoms with Crippen LogP contribution in [0.5, 0.6) is 0 Å². The minimum Gasteiger partial charge on any atom is -0.468 e. The second-order valence-corrected chi connectivity index (χ2v) is 4.40. The van der Waals surface area contributed by atoms with Gasteiger partial charge in [0, 0.05) is 19.1 Å². The molecule has 0 bridgehead atoms. The minimum atomic E-state index is -0.133. The van der Waals surface area contributed by atoms with Crippen LogP contribution in [0.15, 0.2) is 0 Å². The number of methoxy groups -OCH3 is 1. The number of hydrogen-bond acceptors (Lipinski definition) is 4. The van der Waals surface area contributed by atoms with Gasteiger partial charge in [0.2, 0.25) is 0 Å². The smallest absolute Gasteiger partial charge is 0.322 e. The molecular weight excluding hydrogens is 192 g/mol. The van der Waals surface area contributed by atoms with Crippen LogP contribution in [0.4, 0.5) is 0 Å². The van der Waals surface area contributed by atoms with Gasteiger partial charge in [-0.25, -0.2) is 0 Å². The fourth-order valence-corrected chi connectivity index (χ4v) is 2.27. The molecule has 1 saturated heterocycles. The summed E-state index contributed by atoms with van der Waals surface area (Å²) in [6, 6.07) is 0.281. The van der Waals surface area contributed by atoms with Gasteiger partial charge in [0.05, 0.1) is 7.11 Å². The Morgan fingerprint density at radius 3 is 2.73 bits per heavy atom. The predicted octanol–water partition coefficient (Wildman–Crippen LogP) is 0.574. The summed E-state index contributed by atoms with van der Waals surface area (Å²) >= 11 is 0. The quantitative estimate of drug-likeness (QED) is 0.629. The molecule has 4 heteroatoms. The molecular formula is C11H22N2O2. The zero-order chi connectivity index (χ0) is 11.4. The summed E-state index contributed by atoms with van der Waals surface area (Å²) in [5.41, 5.74) is 0. The third-order valence-corrected chi connectivity index (χ3v) is 3.14. The van der Waals surface area contributed by atoms with Crippen LogP contribution < -0.4 is 0 Å². The monoisotopic (exact) mass is 214 g/mol. The van der Waals surface area contributed by atoms with E-state index in [9.17, 15) is 4.79 Å². The summed E-state index contributed by atoms with van der Waals surface area (Å²) in [5, 5.41) is 0. The standard InChI is InChI=1S/C11H22N2O2/c1-9-8-12(3)6-5-7-13(9)10(2)11(14)15-4/h9-10H,5-8H2,1-4H3. The van der Waals surface area contributed by atoms with Crippen LogP contribution >= 0.6 is 0 Å². The highest BCUT2D eigenvalue weighted by Crippen LogP contribution is 2.13. The molecule has 0 aromatic rings. The first kappa shape index (κ1) is 12.5. The van der Waals surface area contributed by atoms with Crippen LogP contribution in [0.3, 0.4) is 0 Å². The van der Waals surface area contributed by atoms with Crippen LogP contribution in [0.2, 0.25) is 0 Å². The van der Waals surface area contributed by atoms with Crippen molar-refractivity contribution in [2.75, 3.05) is 33.8 Å². The molecule has 1 rings (SSSR count). The Morgan fingerprint density at radius 1 is 1.47 bits per heavy atom. The van der Waals surface area contributed by atoms with E-state index in [4.69, 9.17) is 4.74 Å². The third-order valence-electron chi connectivity index (χ3n) is 3.14.